The van der Waals surface area contributed by atoms with E-state index in [4.69, 9.17) is 18.9 Å². The molecule has 1 atom stereocenters. The van der Waals surface area contributed by atoms with Crippen molar-refractivity contribution in [2.45, 2.75) is 5.25 Å². The fraction of sp³-hybridized carbons (Fsp3) is 0.278. The molecular formula is C18H17NO5S. The van der Waals surface area contributed by atoms with E-state index in [1.165, 1.54) is 0 Å². The van der Waals surface area contributed by atoms with Gasteiger partial charge in [-0.05, 0) is 29.3 Å². The molecule has 2 aliphatic heterocycles. The first-order chi connectivity index (χ1) is 12.2. The van der Waals surface area contributed by atoms with Gasteiger partial charge in [0.2, 0.25) is 12.7 Å². The topological polar surface area (TPSA) is 66.0 Å². The van der Waals surface area contributed by atoms with Crippen LogP contribution in [0.15, 0.2) is 30.3 Å². The minimum absolute atomic E-state index is 0.0394. The Kier molecular flexibility index (Phi) is 4.09. The largest absolute Gasteiger partial charge is 0.497 e. The lowest BCUT2D eigenvalue weighted by Gasteiger charge is -2.19. The monoisotopic (exact) mass is 359 g/mol. The number of fused-ring (bicyclic) bond motifs is 2. The molecule has 1 amide bonds. The van der Waals surface area contributed by atoms with Crippen molar-refractivity contribution in [3.8, 4) is 23.0 Å². The number of carbonyl (C=O) groups is 1. The molecule has 0 radical (unpaired) electrons. The summed E-state index contributed by atoms with van der Waals surface area (Å²) in [6, 6.07) is 9.52. The van der Waals surface area contributed by atoms with Crippen LogP contribution in [0.1, 0.15) is 16.4 Å². The molecule has 0 bridgehead atoms. The van der Waals surface area contributed by atoms with Crippen LogP contribution in [0.5, 0.6) is 23.0 Å². The maximum absolute atomic E-state index is 12.1. The molecule has 0 spiro atoms. The van der Waals surface area contributed by atoms with E-state index < -0.39 is 0 Å². The van der Waals surface area contributed by atoms with Gasteiger partial charge in [0, 0.05) is 17.8 Å². The molecule has 2 aliphatic rings. The zero-order valence-corrected chi connectivity index (χ0v) is 14.6. The van der Waals surface area contributed by atoms with Crippen molar-refractivity contribution in [1.82, 2.24) is 0 Å². The van der Waals surface area contributed by atoms with Gasteiger partial charge in [0.1, 0.15) is 11.5 Å². The number of carbonyl (C=O) groups excluding carboxylic acids is 1. The van der Waals surface area contributed by atoms with E-state index >= 15 is 0 Å². The van der Waals surface area contributed by atoms with Gasteiger partial charge in [-0.15, -0.1) is 11.8 Å². The number of ether oxygens (including phenoxy) is 4. The quantitative estimate of drug-likeness (QED) is 0.908. The zero-order chi connectivity index (χ0) is 17.4. The number of methoxy groups -OCH3 is 2. The number of hydrogen-bond acceptors (Lipinski definition) is 6. The van der Waals surface area contributed by atoms with Crippen molar-refractivity contribution in [3.63, 3.8) is 0 Å². The lowest BCUT2D eigenvalue weighted by Crippen LogP contribution is -2.12. The third-order valence-corrected chi connectivity index (χ3v) is 5.45. The van der Waals surface area contributed by atoms with E-state index in [-0.39, 0.29) is 18.0 Å². The van der Waals surface area contributed by atoms with Gasteiger partial charge < -0.3 is 24.3 Å². The first kappa shape index (κ1) is 16.0. The zero-order valence-electron chi connectivity index (χ0n) is 13.8. The van der Waals surface area contributed by atoms with E-state index in [0.29, 0.717) is 28.8 Å². The number of thioether (sulfide) groups is 1. The van der Waals surface area contributed by atoms with E-state index in [2.05, 4.69) is 5.32 Å². The fourth-order valence-electron chi connectivity index (χ4n) is 2.97. The fourth-order valence-corrected chi connectivity index (χ4v) is 4.07. The predicted octanol–water partition coefficient (Wildman–Crippen LogP) is 3.21. The molecule has 0 saturated carbocycles. The Hall–Kier alpha value is -2.54. The third kappa shape index (κ3) is 2.95. The molecule has 2 aromatic carbocycles. The van der Waals surface area contributed by atoms with E-state index in [0.717, 1.165) is 16.8 Å². The molecule has 0 aliphatic carbocycles. The first-order valence-corrected chi connectivity index (χ1v) is 8.81. The molecule has 25 heavy (non-hydrogen) atoms. The molecular weight excluding hydrogens is 342 g/mol. The number of rotatable bonds is 3. The first-order valence-electron chi connectivity index (χ1n) is 7.76. The molecule has 0 saturated heterocycles. The third-order valence-electron chi connectivity index (χ3n) is 4.16. The van der Waals surface area contributed by atoms with Crippen molar-refractivity contribution in [1.29, 1.82) is 0 Å². The van der Waals surface area contributed by atoms with Crippen molar-refractivity contribution in [2.24, 2.45) is 0 Å². The maximum atomic E-state index is 12.1. The summed E-state index contributed by atoms with van der Waals surface area (Å²) in [7, 11) is 3.24. The van der Waals surface area contributed by atoms with E-state index in [9.17, 15) is 4.79 Å². The minimum Gasteiger partial charge on any atom is -0.497 e. The molecule has 0 fully saturated rings. The average Bonchev–Trinajstić information content (AvgIpc) is 3.01. The summed E-state index contributed by atoms with van der Waals surface area (Å²) in [5.41, 5.74) is 2.71. The average molecular weight is 359 g/mol. The molecule has 2 heterocycles. The summed E-state index contributed by atoms with van der Waals surface area (Å²) in [6.07, 6.45) is 0. The van der Waals surface area contributed by atoms with Crippen molar-refractivity contribution >= 4 is 23.4 Å². The van der Waals surface area contributed by atoms with Crippen LogP contribution < -0.4 is 24.3 Å². The van der Waals surface area contributed by atoms with Gasteiger partial charge in [-0.25, -0.2) is 0 Å². The van der Waals surface area contributed by atoms with Crippen LogP contribution in [0.2, 0.25) is 0 Å². The second-order valence-corrected chi connectivity index (χ2v) is 6.77. The SMILES string of the molecule is COc1cc(OC)cc(C2SCC(=O)Nc3cc4c(cc32)OCO4)c1. The Labute approximate surface area is 149 Å². The van der Waals surface area contributed by atoms with Gasteiger partial charge >= 0.3 is 0 Å². The summed E-state index contributed by atoms with van der Waals surface area (Å²) in [5, 5.41) is 2.89. The molecule has 1 N–H and O–H groups in total. The second kappa shape index (κ2) is 6.40. The molecule has 0 aromatic heterocycles. The molecule has 130 valence electrons. The van der Waals surface area contributed by atoms with Gasteiger partial charge in [0.25, 0.3) is 0 Å². The highest BCUT2D eigenvalue weighted by atomic mass is 32.2. The Morgan fingerprint density at radius 2 is 1.72 bits per heavy atom. The highest BCUT2D eigenvalue weighted by Crippen LogP contribution is 2.47. The second-order valence-electron chi connectivity index (χ2n) is 5.68. The van der Waals surface area contributed by atoms with Crippen molar-refractivity contribution in [3.05, 3.63) is 41.5 Å². The molecule has 4 rings (SSSR count). The maximum Gasteiger partial charge on any atom is 0.234 e. The summed E-state index contributed by atoms with van der Waals surface area (Å²) >= 11 is 1.55. The lowest BCUT2D eigenvalue weighted by atomic mass is 10.0. The van der Waals surface area contributed by atoms with E-state index in [1.807, 2.05) is 30.3 Å². The van der Waals surface area contributed by atoms with Crippen LogP contribution in [0.4, 0.5) is 5.69 Å². The molecule has 2 aromatic rings. The van der Waals surface area contributed by atoms with Crippen LogP contribution in [0, 0.1) is 0 Å². The van der Waals surface area contributed by atoms with Crippen LogP contribution in [0.25, 0.3) is 0 Å². The Balaban J connectivity index is 1.84. The normalized spacial score (nSPS) is 18.2. The van der Waals surface area contributed by atoms with Crippen LogP contribution in [-0.4, -0.2) is 32.7 Å². The summed E-state index contributed by atoms with van der Waals surface area (Å²) in [4.78, 5) is 12.1. The summed E-state index contributed by atoms with van der Waals surface area (Å²) in [5.74, 6) is 3.07. The van der Waals surface area contributed by atoms with Gasteiger partial charge in [0.15, 0.2) is 11.5 Å². The number of hydrogen-bond donors (Lipinski definition) is 1. The Bertz CT molecular complexity index is 816. The van der Waals surface area contributed by atoms with Gasteiger partial charge in [-0.1, -0.05) is 0 Å². The number of benzene rings is 2. The van der Waals surface area contributed by atoms with Gasteiger partial charge in [0.05, 0.1) is 25.2 Å². The highest BCUT2D eigenvalue weighted by molar-refractivity contribution is 8.00. The number of anilines is 1. The molecule has 1 unspecified atom stereocenters. The van der Waals surface area contributed by atoms with Crippen LogP contribution in [0.3, 0.4) is 0 Å². The summed E-state index contributed by atoms with van der Waals surface area (Å²) < 4.78 is 21.7. The highest BCUT2D eigenvalue weighted by Gasteiger charge is 2.28. The molecule has 6 nitrogen and oxygen atoms in total. The standard InChI is InChI=1S/C18H17NO5S/c1-21-11-3-10(4-12(5-11)22-2)18-13-6-15-16(24-9-23-15)7-14(13)19-17(20)8-25-18/h3-7,18H,8-9H2,1-2H3,(H,19,20). The number of nitrogens with one attached hydrogen (secondary N) is 1. The van der Waals surface area contributed by atoms with Gasteiger partial charge in [-0.3, -0.25) is 4.79 Å². The lowest BCUT2D eigenvalue weighted by molar-refractivity contribution is -0.113. The Morgan fingerprint density at radius 3 is 2.40 bits per heavy atom. The van der Waals surface area contributed by atoms with E-state index in [1.54, 1.807) is 26.0 Å². The minimum atomic E-state index is -0.0625. The van der Waals surface area contributed by atoms with Gasteiger partial charge in [-0.2, -0.15) is 0 Å². The summed E-state index contributed by atoms with van der Waals surface area (Å²) in [6.45, 7) is 0.191. The Morgan fingerprint density at radius 1 is 1.04 bits per heavy atom. The smallest absolute Gasteiger partial charge is 0.234 e. The predicted molar refractivity (Wildman–Crippen MR) is 95.0 cm³/mol. The van der Waals surface area contributed by atoms with Crippen molar-refractivity contribution in [2.75, 3.05) is 32.1 Å². The molecule has 7 heteroatoms. The van der Waals surface area contributed by atoms with Crippen LogP contribution in [-0.2, 0) is 4.79 Å². The number of amides is 1. The van der Waals surface area contributed by atoms with Crippen LogP contribution >= 0.6 is 11.8 Å². The van der Waals surface area contributed by atoms with Crippen molar-refractivity contribution < 1.29 is 23.7 Å².